The Hall–Kier alpha value is -2.63. The Morgan fingerprint density at radius 3 is 0.787 bits per heavy atom. The number of esters is 3. The number of carbonyl (C=O) groups excluding carboxylic acids is 3. The molecule has 1 atom stereocenters. The Morgan fingerprint density at radius 2 is 0.507 bits per heavy atom. The van der Waals surface area contributed by atoms with Gasteiger partial charge < -0.3 is 14.2 Å². The Morgan fingerprint density at radius 1 is 0.267 bits per heavy atom. The molecule has 0 aromatic heterocycles. The van der Waals surface area contributed by atoms with Crippen LogP contribution in [0.5, 0.6) is 0 Å². The molecule has 6 heteroatoms. The minimum atomic E-state index is -0.777. The summed E-state index contributed by atoms with van der Waals surface area (Å²) in [7, 11) is 0. The van der Waals surface area contributed by atoms with Crippen LogP contribution < -0.4 is 0 Å². The van der Waals surface area contributed by atoms with E-state index >= 15 is 0 Å². The van der Waals surface area contributed by atoms with Gasteiger partial charge in [0, 0.05) is 19.3 Å². The summed E-state index contributed by atoms with van der Waals surface area (Å²) in [6.45, 7) is 6.60. The molecule has 0 fully saturated rings. The molecule has 0 aliphatic heterocycles. The quantitative estimate of drug-likeness (QED) is 0.0261. The van der Waals surface area contributed by atoms with Crippen LogP contribution in [-0.2, 0) is 28.6 Å². The third-order valence-electron chi connectivity index (χ3n) is 14.8. The summed E-state index contributed by atoms with van der Waals surface area (Å²) in [6, 6.07) is 0. The van der Waals surface area contributed by atoms with Gasteiger partial charge in [0.1, 0.15) is 13.2 Å². The van der Waals surface area contributed by atoms with Gasteiger partial charge in [-0.2, -0.15) is 0 Å². The molecule has 0 amide bonds. The highest BCUT2D eigenvalue weighted by Crippen LogP contribution is 2.18. The minimum Gasteiger partial charge on any atom is -0.462 e. The van der Waals surface area contributed by atoms with Crippen LogP contribution in [0.25, 0.3) is 0 Å². The molecular weight excluding hydrogens is 925 g/mol. The van der Waals surface area contributed by atoms with Gasteiger partial charge in [0.25, 0.3) is 0 Å². The molecule has 0 aromatic carbocycles. The molecule has 0 rings (SSSR count). The highest BCUT2D eigenvalue weighted by Gasteiger charge is 2.19. The number of allylic oxidation sites excluding steroid dienone is 8. The second-order valence-electron chi connectivity index (χ2n) is 22.4. The van der Waals surface area contributed by atoms with Gasteiger partial charge in [0.15, 0.2) is 6.10 Å². The monoisotopic (exact) mass is 1050 g/mol. The van der Waals surface area contributed by atoms with E-state index < -0.39 is 6.10 Å². The van der Waals surface area contributed by atoms with Gasteiger partial charge in [-0.15, -0.1) is 0 Å². The lowest BCUT2D eigenvalue weighted by molar-refractivity contribution is -0.167. The zero-order valence-corrected chi connectivity index (χ0v) is 50.3. The Labute approximate surface area is 467 Å². The first-order chi connectivity index (χ1) is 37.0. The predicted octanol–water partition coefficient (Wildman–Crippen LogP) is 22.6. The standard InChI is InChI=1S/C69H126O6/c1-4-7-10-13-16-19-22-25-26-27-28-29-30-31-32-33-34-35-36-37-38-39-40-41-42-45-47-50-53-56-59-62-68(71)74-65-66(75-69(72)63-60-57-54-51-48-44-24-21-18-15-12-9-6-3)64-73-67(70)61-58-55-52-49-46-43-23-20-17-14-11-8-5-2/h12,15,21-22,24-25,27-28,66H,4-11,13-14,16-20,23,26,29-65H2,1-3H3/b15-12-,24-21-,25-22-,28-27-. The van der Waals surface area contributed by atoms with Crippen LogP contribution in [0.1, 0.15) is 355 Å². The van der Waals surface area contributed by atoms with E-state index in [1.807, 2.05) is 0 Å². The molecule has 0 saturated carbocycles. The third-order valence-corrected chi connectivity index (χ3v) is 14.8. The van der Waals surface area contributed by atoms with Crippen molar-refractivity contribution in [3.8, 4) is 0 Å². The molecule has 0 N–H and O–H groups in total. The molecule has 0 spiro atoms. The van der Waals surface area contributed by atoms with Gasteiger partial charge in [0.2, 0.25) is 0 Å². The van der Waals surface area contributed by atoms with Crippen molar-refractivity contribution in [2.75, 3.05) is 13.2 Å². The van der Waals surface area contributed by atoms with E-state index in [1.165, 1.54) is 218 Å². The van der Waals surface area contributed by atoms with Gasteiger partial charge >= 0.3 is 17.9 Å². The van der Waals surface area contributed by atoms with E-state index in [4.69, 9.17) is 14.2 Å². The molecule has 6 nitrogen and oxygen atoms in total. The fourth-order valence-electron chi connectivity index (χ4n) is 9.81. The van der Waals surface area contributed by atoms with Crippen molar-refractivity contribution in [1.82, 2.24) is 0 Å². The number of hydrogen-bond acceptors (Lipinski definition) is 6. The number of unbranched alkanes of at least 4 members (excludes halogenated alkanes) is 42. The van der Waals surface area contributed by atoms with Gasteiger partial charge in [-0.05, 0) is 77.0 Å². The van der Waals surface area contributed by atoms with E-state index in [2.05, 4.69) is 69.4 Å². The number of rotatable bonds is 61. The zero-order chi connectivity index (χ0) is 54.3. The zero-order valence-electron chi connectivity index (χ0n) is 50.3. The SMILES string of the molecule is CCC/C=C\C/C=C\CCCCCCCC(=O)OC(COC(=O)CCCCCCCCCCCCCCC)COC(=O)CCCCCCCCCCCCCCCCCCCCC/C=C\C/C=C\CCCCCCC. The third kappa shape index (κ3) is 62.1. The average molecular weight is 1050 g/mol. The van der Waals surface area contributed by atoms with Crippen LogP contribution in [0.4, 0.5) is 0 Å². The molecule has 0 radical (unpaired) electrons. The molecule has 0 saturated heterocycles. The first kappa shape index (κ1) is 72.4. The van der Waals surface area contributed by atoms with Crippen molar-refractivity contribution in [2.45, 2.75) is 361 Å². The van der Waals surface area contributed by atoms with Gasteiger partial charge in [0.05, 0.1) is 0 Å². The molecule has 1 unspecified atom stereocenters. The maximum absolute atomic E-state index is 12.9. The van der Waals surface area contributed by atoms with Crippen LogP contribution in [0.2, 0.25) is 0 Å². The van der Waals surface area contributed by atoms with Gasteiger partial charge in [-0.25, -0.2) is 0 Å². The van der Waals surface area contributed by atoms with E-state index in [0.717, 1.165) is 96.3 Å². The molecule has 0 aromatic rings. The summed E-state index contributed by atoms with van der Waals surface area (Å²) in [5.41, 5.74) is 0. The fraction of sp³-hybridized carbons (Fsp3) is 0.841. The smallest absolute Gasteiger partial charge is 0.306 e. The minimum absolute atomic E-state index is 0.0740. The van der Waals surface area contributed by atoms with Gasteiger partial charge in [-0.3, -0.25) is 14.4 Å². The lowest BCUT2D eigenvalue weighted by Gasteiger charge is -2.18. The summed E-state index contributed by atoms with van der Waals surface area (Å²) < 4.78 is 16.9. The van der Waals surface area contributed by atoms with Crippen molar-refractivity contribution in [3.63, 3.8) is 0 Å². The van der Waals surface area contributed by atoms with Crippen molar-refractivity contribution in [1.29, 1.82) is 0 Å². The maximum atomic E-state index is 12.9. The summed E-state index contributed by atoms with van der Waals surface area (Å²) in [5.74, 6) is -0.868. The van der Waals surface area contributed by atoms with E-state index in [0.29, 0.717) is 19.3 Å². The summed E-state index contributed by atoms with van der Waals surface area (Å²) >= 11 is 0. The van der Waals surface area contributed by atoms with Gasteiger partial charge in [-0.1, -0.05) is 307 Å². The predicted molar refractivity (Wildman–Crippen MR) is 325 cm³/mol. The number of hydrogen-bond donors (Lipinski definition) is 0. The number of ether oxygens (including phenoxy) is 3. The van der Waals surface area contributed by atoms with Crippen molar-refractivity contribution < 1.29 is 28.6 Å². The van der Waals surface area contributed by atoms with E-state index in [-0.39, 0.29) is 31.1 Å². The van der Waals surface area contributed by atoms with Crippen molar-refractivity contribution in [3.05, 3.63) is 48.6 Å². The molecule has 75 heavy (non-hydrogen) atoms. The highest BCUT2D eigenvalue weighted by atomic mass is 16.6. The average Bonchev–Trinajstić information content (AvgIpc) is 3.41. The molecule has 0 heterocycles. The first-order valence-corrected chi connectivity index (χ1v) is 33.1. The highest BCUT2D eigenvalue weighted by molar-refractivity contribution is 5.71. The Bertz CT molecular complexity index is 1300. The second-order valence-corrected chi connectivity index (χ2v) is 22.4. The lowest BCUT2D eigenvalue weighted by Crippen LogP contribution is -2.30. The summed E-state index contributed by atoms with van der Waals surface area (Å²) in [4.78, 5) is 38.2. The van der Waals surface area contributed by atoms with Crippen LogP contribution in [0.15, 0.2) is 48.6 Å². The second kappa shape index (κ2) is 63.9. The molecule has 438 valence electrons. The fourth-order valence-corrected chi connectivity index (χ4v) is 9.81. The summed E-state index contributed by atoms with van der Waals surface area (Å²) in [5, 5.41) is 0. The lowest BCUT2D eigenvalue weighted by atomic mass is 10.0. The normalized spacial score (nSPS) is 12.3. The molecular formula is C69H126O6. The van der Waals surface area contributed by atoms with Crippen molar-refractivity contribution in [2.24, 2.45) is 0 Å². The van der Waals surface area contributed by atoms with Crippen LogP contribution in [0.3, 0.4) is 0 Å². The topological polar surface area (TPSA) is 78.9 Å². The number of carbonyl (C=O) groups is 3. The van der Waals surface area contributed by atoms with Crippen molar-refractivity contribution >= 4 is 17.9 Å². The maximum Gasteiger partial charge on any atom is 0.306 e. The Kier molecular flexibility index (Phi) is 61.7. The van der Waals surface area contributed by atoms with E-state index in [9.17, 15) is 14.4 Å². The van der Waals surface area contributed by atoms with Crippen LogP contribution >= 0.6 is 0 Å². The van der Waals surface area contributed by atoms with Crippen LogP contribution in [-0.4, -0.2) is 37.2 Å². The summed E-state index contributed by atoms with van der Waals surface area (Å²) in [6.07, 6.45) is 80.0. The van der Waals surface area contributed by atoms with Crippen LogP contribution in [0, 0.1) is 0 Å². The largest absolute Gasteiger partial charge is 0.462 e. The Balaban J connectivity index is 4.10. The van der Waals surface area contributed by atoms with E-state index in [1.54, 1.807) is 0 Å². The molecule has 0 aliphatic carbocycles. The molecule has 0 aliphatic rings. The molecule has 0 bridgehead atoms. The first-order valence-electron chi connectivity index (χ1n) is 33.1.